The monoisotopic (exact) mass is 236 g/mol. The van der Waals surface area contributed by atoms with Gasteiger partial charge in [-0.25, -0.2) is 9.97 Å². The van der Waals surface area contributed by atoms with Crippen molar-refractivity contribution in [1.82, 2.24) is 14.4 Å². The zero-order valence-electron chi connectivity index (χ0n) is 8.86. The van der Waals surface area contributed by atoms with E-state index in [0.717, 1.165) is 37.0 Å². The molecule has 2 N–H and O–H groups in total. The Morgan fingerprint density at radius 1 is 1.44 bits per heavy atom. The molecule has 0 amide bonds. The zero-order chi connectivity index (χ0) is 11.2. The summed E-state index contributed by atoms with van der Waals surface area (Å²) >= 11 is 6.00. The Labute approximate surface area is 98.5 Å². The molecule has 0 unspecified atom stereocenters. The summed E-state index contributed by atoms with van der Waals surface area (Å²) in [6.45, 7) is 0. The number of rotatable bonds is 3. The lowest BCUT2D eigenvalue weighted by Gasteiger charge is -2.07. The molecule has 0 radical (unpaired) electrons. The molecule has 1 aliphatic rings. The molecule has 0 aromatic carbocycles. The number of hydrogen-bond acceptors (Lipinski definition) is 3. The lowest BCUT2D eigenvalue weighted by molar-refractivity contribution is 0.601. The van der Waals surface area contributed by atoms with Crippen molar-refractivity contribution in [1.29, 1.82) is 0 Å². The largest absolute Gasteiger partial charge is 0.325 e. The van der Waals surface area contributed by atoms with Crippen molar-refractivity contribution >= 4 is 17.2 Å². The second-order valence-electron chi connectivity index (χ2n) is 4.55. The fourth-order valence-corrected chi connectivity index (χ4v) is 2.09. The number of aromatic nitrogens is 3. The summed E-state index contributed by atoms with van der Waals surface area (Å²) in [6.07, 6.45) is 9.44. The molecule has 0 spiro atoms. The minimum absolute atomic E-state index is 0.0795. The van der Waals surface area contributed by atoms with Gasteiger partial charge in [-0.1, -0.05) is 11.6 Å². The van der Waals surface area contributed by atoms with Crippen LogP contribution in [0.3, 0.4) is 0 Å². The summed E-state index contributed by atoms with van der Waals surface area (Å²) in [5.74, 6) is 0. The van der Waals surface area contributed by atoms with Crippen molar-refractivity contribution in [3.05, 3.63) is 29.4 Å². The van der Waals surface area contributed by atoms with Gasteiger partial charge in [-0.2, -0.15) is 0 Å². The summed E-state index contributed by atoms with van der Waals surface area (Å²) in [5, 5.41) is 0.586. The van der Waals surface area contributed by atoms with E-state index in [-0.39, 0.29) is 5.54 Å². The number of fused-ring (bicyclic) bond motifs is 1. The highest BCUT2D eigenvalue weighted by Crippen LogP contribution is 2.36. The molecule has 0 saturated heterocycles. The average Bonchev–Trinajstić information content (AvgIpc) is 2.86. The first-order valence-electron chi connectivity index (χ1n) is 5.42. The van der Waals surface area contributed by atoms with Crippen molar-refractivity contribution in [2.24, 2.45) is 5.73 Å². The van der Waals surface area contributed by atoms with E-state index >= 15 is 0 Å². The molecular weight excluding hydrogens is 224 g/mol. The number of imidazole rings is 1. The van der Waals surface area contributed by atoms with Gasteiger partial charge in [-0.3, -0.25) is 4.40 Å². The van der Waals surface area contributed by atoms with Gasteiger partial charge in [0, 0.05) is 17.4 Å². The van der Waals surface area contributed by atoms with Gasteiger partial charge in [0.1, 0.15) is 11.3 Å². The summed E-state index contributed by atoms with van der Waals surface area (Å²) in [4.78, 5) is 8.35. The minimum Gasteiger partial charge on any atom is -0.325 e. The van der Waals surface area contributed by atoms with Crippen LogP contribution in [0.5, 0.6) is 0 Å². The van der Waals surface area contributed by atoms with Gasteiger partial charge in [-0.15, -0.1) is 0 Å². The highest BCUT2D eigenvalue weighted by Gasteiger charge is 2.37. The molecule has 1 aliphatic carbocycles. The third-order valence-electron chi connectivity index (χ3n) is 3.23. The molecule has 0 bridgehead atoms. The van der Waals surface area contributed by atoms with Gasteiger partial charge in [0.05, 0.1) is 6.20 Å². The summed E-state index contributed by atoms with van der Waals surface area (Å²) < 4.78 is 1.94. The van der Waals surface area contributed by atoms with E-state index < -0.39 is 0 Å². The Bertz CT molecular complexity index is 530. The summed E-state index contributed by atoms with van der Waals surface area (Å²) in [5.41, 5.74) is 8.04. The molecule has 16 heavy (non-hydrogen) atoms. The summed E-state index contributed by atoms with van der Waals surface area (Å²) in [7, 11) is 0. The van der Waals surface area contributed by atoms with Gasteiger partial charge in [0.2, 0.25) is 0 Å². The fourth-order valence-electron chi connectivity index (χ4n) is 1.90. The summed E-state index contributed by atoms with van der Waals surface area (Å²) in [6, 6.07) is 0. The fraction of sp³-hybridized carbons (Fsp3) is 0.455. The van der Waals surface area contributed by atoms with E-state index in [4.69, 9.17) is 17.3 Å². The molecule has 0 aliphatic heterocycles. The van der Waals surface area contributed by atoms with E-state index in [9.17, 15) is 0 Å². The number of halogens is 1. The number of aryl methyl sites for hydroxylation is 1. The third kappa shape index (κ3) is 1.68. The van der Waals surface area contributed by atoms with Crippen molar-refractivity contribution in [3.63, 3.8) is 0 Å². The normalized spacial score (nSPS) is 17.9. The molecule has 2 heterocycles. The van der Waals surface area contributed by atoms with Gasteiger partial charge < -0.3 is 5.73 Å². The Hall–Kier alpha value is -1.13. The van der Waals surface area contributed by atoms with Crippen LogP contribution in [-0.4, -0.2) is 19.9 Å². The Balaban J connectivity index is 1.89. The highest BCUT2D eigenvalue weighted by molar-refractivity contribution is 6.33. The topological polar surface area (TPSA) is 56.2 Å². The predicted octanol–water partition coefficient (Wildman–Crippen LogP) is 1.81. The number of nitrogens with two attached hydrogens (primary N) is 1. The van der Waals surface area contributed by atoms with Crippen molar-refractivity contribution in [3.8, 4) is 0 Å². The molecule has 3 rings (SSSR count). The molecule has 5 heteroatoms. The first kappa shape index (κ1) is 10.1. The molecule has 2 aromatic rings. The second kappa shape index (κ2) is 3.43. The van der Waals surface area contributed by atoms with Crippen molar-refractivity contribution < 1.29 is 0 Å². The molecule has 0 atom stereocenters. The highest BCUT2D eigenvalue weighted by atomic mass is 35.5. The molecule has 4 nitrogen and oxygen atoms in total. The van der Waals surface area contributed by atoms with E-state index in [1.54, 1.807) is 12.5 Å². The SMILES string of the molecule is NC1(CCc2cnc3c(Cl)cncn23)CC1. The standard InChI is InChI=1S/C11H13ClN4/c12-9-6-14-7-16-8(5-15-10(9)16)1-2-11(13)3-4-11/h5-7H,1-4,13H2. The van der Waals surface area contributed by atoms with Crippen LogP contribution in [0.1, 0.15) is 25.0 Å². The van der Waals surface area contributed by atoms with Gasteiger partial charge in [-0.05, 0) is 25.7 Å². The first-order valence-corrected chi connectivity index (χ1v) is 5.80. The first-order chi connectivity index (χ1) is 7.68. The molecule has 1 fully saturated rings. The van der Waals surface area contributed by atoms with Gasteiger partial charge in [0.15, 0.2) is 5.65 Å². The van der Waals surface area contributed by atoms with Crippen molar-refractivity contribution in [2.45, 2.75) is 31.2 Å². The third-order valence-corrected chi connectivity index (χ3v) is 3.49. The zero-order valence-corrected chi connectivity index (χ0v) is 9.61. The maximum absolute atomic E-state index is 6.07. The lowest BCUT2D eigenvalue weighted by atomic mass is 10.1. The van der Waals surface area contributed by atoms with Crippen LogP contribution < -0.4 is 5.73 Å². The maximum Gasteiger partial charge on any atom is 0.158 e. The molecular formula is C11H13ClN4. The number of nitrogens with zero attached hydrogens (tertiary/aromatic N) is 3. The molecule has 1 saturated carbocycles. The van der Waals surface area contributed by atoms with Gasteiger partial charge in [0.25, 0.3) is 0 Å². The quantitative estimate of drug-likeness (QED) is 0.884. The van der Waals surface area contributed by atoms with Crippen LogP contribution in [0, 0.1) is 0 Å². The Kier molecular flexibility index (Phi) is 2.16. The predicted molar refractivity (Wildman–Crippen MR) is 62.5 cm³/mol. The van der Waals surface area contributed by atoms with E-state index in [1.807, 2.05) is 10.6 Å². The minimum atomic E-state index is 0.0795. The van der Waals surface area contributed by atoms with E-state index in [2.05, 4.69) is 9.97 Å². The molecule has 84 valence electrons. The smallest absolute Gasteiger partial charge is 0.158 e. The Morgan fingerprint density at radius 3 is 3.00 bits per heavy atom. The molecule has 2 aromatic heterocycles. The number of hydrogen-bond donors (Lipinski definition) is 1. The van der Waals surface area contributed by atoms with E-state index in [0.29, 0.717) is 5.02 Å². The van der Waals surface area contributed by atoms with Crippen LogP contribution in [0.15, 0.2) is 18.7 Å². The second-order valence-corrected chi connectivity index (χ2v) is 4.95. The average molecular weight is 237 g/mol. The van der Waals surface area contributed by atoms with Gasteiger partial charge >= 0.3 is 0 Å². The van der Waals surface area contributed by atoms with Crippen LogP contribution in [0.2, 0.25) is 5.02 Å². The lowest BCUT2D eigenvalue weighted by Crippen LogP contribution is -2.22. The van der Waals surface area contributed by atoms with Crippen LogP contribution in [0.4, 0.5) is 0 Å². The van der Waals surface area contributed by atoms with Crippen LogP contribution in [0.25, 0.3) is 5.65 Å². The van der Waals surface area contributed by atoms with E-state index in [1.165, 1.54) is 0 Å². The van der Waals surface area contributed by atoms with Crippen molar-refractivity contribution in [2.75, 3.05) is 0 Å². The van der Waals surface area contributed by atoms with Crippen LogP contribution in [-0.2, 0) is 6.42 Å². The van der Waals surface area contributed by atoms with Crippen LogP contribution >= 0.6 is 11.6 Å². The maximum atomic E-state index is 6.07. The Morgan fingerprint density at radius 2 is 2.25 bits per heavy atom.